The van der Waals surface area contributed by atoms with E-state index in [2.05, 4.69) is 10.4 Å². The van der Waals surface area contributed by atoms with Gasteiger partial charge in [0.05, 0.1) is 17.6 Å². The minimum atomic E-state index is -0.925. The molecule has 1 aromatic carbocycles. The van der Waals surface area contributed by atoms with E-state index in [1.165, 1.54) is 0 Å². The minimum absolute atomic E-state index is 0.104. The molecule has 0 radical (unpaired) electrons. The van der Waals surface area contributed by atoms with Crippen molar-refractivity contribution < 1.29 is 19.4 Å². The summed E-state index contributed by atoms with van der Waals surface area (Å²) in [4.78, 5) is 23.7. The van der Waals surface area contributed by atoms with Crippen molar-refractivity contribution in [3.8, 4) is 5.69 Å². The van der Waals surface area contributed by atoms with Gasteiger partial charge in [-0.1, -0.05) is 0 Å². The number of rotatable bonds is 5. The van der Waals surface area contributed by atoms with Crippen LogP contribution in [0.15, 0.2) is 42.7 Å². The number of ether oxygens (including phenoxy) is 1. The number of benzene rings is 1. The maximum Gasteiger partial charge on any atom is 0.305 e. The van der Waals surface area contributed by atoms with Gasteiger partial charge in [-0.05, 0) is 43.2 Å². The number of carboxylic acids is 1. The number of aliphatic carboxylic acids is 1. The van der Waals surface area contributed by atoms with E-state index in [1.807, 2.05) is 12.3 Å². The average Bonchev–Trinajstić information content (AvgIpc) is 3.09. The second-order valence-corrected chi connectivity index (χ2v) is 5.91. The standard InChI is InChI=1S/C17H19N3O4/c21-15(22)12-17(6-10-24-11-7-17)19-16(23)13-2-4-14(5-3-13)20-9-1-8-18-20/h1-5,8-9H,6-7,10-12H2,(H,19,23)(H,21,22). The van der Waals surface area contributed by atoms with Crippen molar-refractivity contribution in [1.29, 1.82) is 0 Å². The van der Waals surface area contributed by atoms with Crippen molar-refractivity contribution in [2.45, 2.75) is 24.8 Å². The Morgan fingerprint density at radius 2 is 1.96 bits per heavy atom. The number of carbonyl (C=O) groups is 2. The maximum atomic E-state index is 12.5. The zero-order valence-corrected chi connectivity index (χ0v) is 13.1. The van der Waals surface area contributed by atoms with Crippen LogP contribution in [-0.2, 0) is 9.53 Å². The normalized spacial score (nSPS) is 16.5. The summed E-state index contributed by atoms with van der Waals surface area (Å²) < 4.78 is 7.00. The van der Waals surface area contributed by atoms with Crippen LogP contribution in [0.4, 0.5) is 0 Å². The number of aromatic nitrogens is 2. The number of nitrogens with zero attached hydrogens (tertiary/aromatic N) is 2. The molecule has 1 fully saturated rings. The van der Waals surface area contributed by atoms with Crippen LogP contribution >= 0.6 is 0 Å². The molecule has 1 amide bonds. The molecule has 0 unspecified atom stereocenters. The molecule has 2 heterocycles. The molecule has 0 spiro atoms. The maximum absolute atomic E-state index is 12.5. The van der Waals surface area contributed by atoms with Gasteiger partial charge in [0.2, 0.25) is 0 Å². The zero-order valence-electron chi connectivity index (χ0n) is 13.1. The van der Waals surface area contributed by atoms with Gasteiger partial charge in [0.1, 0.15) is 0 Å². The molecule has 1 saturated heterocycles. The highest BCUT2D eigenvalue weighted by Crippen LogP contribution is 2.25. The second-order valence-electron chi connectivity index (χ2n) is 5.91. The van der Waals surface area contributed by atoms with Crippen molar-refractivity contribution in [1.82, 2.24) is 15.1 Å². The van der Waals surface area contributed by atoms with E-state index in [4.69, 9.17) is 9.84 Å². The highest BCUT2D eigenvalue weighted by atomic mass is 16.5. The van der Waals surface area contributed by atoms with E-state index in [0.717, 1.165) is 5.69 Å². The van der Waals surface area contributed by atoms with Gasteiger partial charge in [-0.15, -0.1) is 0 Å². The highest BCUT2D eigenvalue weighted by molar-refractivity contribution is 5.95. The summed E-state index contributed by atoms with van der Waals surface area (Å²) in [7, 11) is 0. The highest BCUT2D eigenvalue weighted by Gasteiger charge is 2.36. The van der Waals surface area contributed by atoms with Gasteiger partial charge >= 0.3 is 5.97 Å². The van der Waals surface area contributed by atoms with Gasteiger partial charge in [0, 0.05) is 31.2 Å². The molecule has 1 aliphatic rings. The van der Waals surface area contributed by atoms with Crippen LogP contribution in [0.5, 0.6) is 0 Å². The molecule has 0 saturated carbocycles. The molecule has 2 N–H and O–H groups in total. The van der Waals surface area contributed by atoms with Crippen molar-refractivity contribution in [2.24, 2.45) is 0 Å². The molecule has 24 heavy (non-hydrogen) atoms. The summed E-state index contributed by atoms with van der Waals surface area (Å²) >= 11 is 0. The van der Waals surface area contributed by atoms with Crippen LogP contribution in [-0.4, -0.2) is 45.5 Å². The molecule has 0 bridgehead atoms. The number of nitrogens with one attached hydrogen (secondary N) is 1. The van der Waals surface area contributed by atoms with Crippen LogP contribution in [0.3, 0.4) is 0 Å². The van der Waals surface area contributed by atoms with Crippen LogP contribution in [0, 0.1) is 0 Å². The van der Waals surface area contributed by atoms with Gasteiger partial charge in [-0.25, -0.2) is 4.68 Å². The fourth-order valence-corrected chi connectivity index (χ4v) is 2.90. The van der Waals surface area contributed by atoms with E-state index < -0.39 is 11.5 Å². The molecule has 126 valence electrons. The summed E-state index contributed by atoms with van der Waals surface area (Å²) in [6, 6.07) is 8.84. The number of hydrogen-bond acceptors (Lipinski definition) is 4. The van der Waals surface area contributed by atoms with Crippen LogP contribution in [0.25, 0.3) is 5.69 Å². The summed E-state index contributed by atoms with van der Waals surface area (Å²) in [5.41, 5.74) is 0.590. The van der Waals surface area contributed by atoms with Crippen LogP contribution in [0.2, 0.25) is 0 Å². The second kappa shape index (κ2) is 6.84. The monoisotopic (exact) mass is 329 g/mol. The summed E-state index contributed by atoms with van der Waals surface area (Å²) in [5, 5.41) is 16.2. The first-order chi connectivity index (χ1) is 11.6. The Bertz CT molecular complexity index is 704. The third-order valence-corrected chi connectivity index (χ3v) is 4.22. The summed E-state index contributed by atoms with van der Waals surface area (Å²) in [6.07, 6.45) is 4.39. The third-order valence-electron chi connectivity index (χ3n) is 4.22. The Balaban J connectivity index is 1.74. The molecule has 0 atom stereocenters. The Hall–Kier alpha value is -2.67. The van der Waals surface area contributed by atoms with E-state index in [0.29, 0.717) is 31.6 Å². The molecular formula is C17H19N3O4. The smallest absolute Gasteiger partial charge is 0.305 e. The predicted molar refractivity (Wildman–Crippen MR) is 86.1 cm³/mol. The quantitative estimate of drug-likeness (QED) is 0.869. The summed E-state index contributed by atoms with van der Waals surface area (Å²) in [5.74, 6) is -1.20. The lowest BCUT2D eigenvalue weighted by atomic mass is 9.86. The van der Waals surface area contributed by atoms with E-state index >= 15 is 0 Å². The van der Waals surface area contributed by atoms with Gasteiger partial charge < -0.3 is 15.2 Å². The Morgan fingerprint density at radius 3 is 2.54 bits per heavy atom. The van der Waals surface area contributed by atoms with Gasteiger partial charge in [0.25, 0.3) is 5.91 Å². The third kappa shape index (κ3) is 3.62. The van der Waals surface area contributed by atoms with Crippen LogP contribution < -0.4 is 5.32 Å². The summed E-state index contributed by atoms with van der Waals surface area (Å²) in [6.45, 7) is 0.900. The van der Waals surface area contributed by atoms with E-state index in [-0.39, 0.29) is 12.3 Å². The average molecular weight is 329 g/mol. The van der Waals surface area contributed by atoms with Crippen molar-refractivity contribution in [2.75, 3.05) is 13.2 Å². The fourth-order valence-electron chi connectivity index (χ4n) is 2.90. The first kappa shape index (κ1) is 16.2. The first-order valence-electron chi connectivity index (χ1n) is 7.80. The van der Waals surface area contributed by atoms with E-state index in [1.54, 1.807) is 35.1 Å². The topological polar surface area (TPSA) is 93.5 Å². The molecule has 1 aromatic heterocycles. The molecule has 7 nitrogen and oxygen atoms in total. The lowest BCUT2D eigenvalue weighted by Crippen LogP contribution is -2.53. The molecular weight excluding hydrogens is 310 g/mol. The van der Waals surface area contributed by atoms with Crippen molar-refractivity contribution in [3.05, 3.63) is 48.3 Å². The minimum Gasteiger partial charge on any atom is -0.481 e. The molecule has 1 aliphatic heterocycles. The Labute approximate surface area is 139 Å². The largest absolute Gasteiger partial charge is 0.481 e. The lowest BCUT2D eigenvalue weighted by molar-refractivity contribution is -0.139. The van der Waals surface area contributed by atoms with Gasteiger partial charge in [-0.3, -0.25) is 9.59 Å². The fraction of sp³-hybridized carbons (Fsp3) is 0.353. The molecule has 3 rings (SSSR count). The van der Waals surface area contributed by atoms with E-state index in [9.17, 15) is 9.59 Å². The van der Waals surface area contributed by atoms with Crippen molar-refractivity contribution >= 4 is 11.9 Å². The first-order valence-corrected chi connectivity index (χ1v) is 7.80. The number of carbonyl (C=O) groups excluding carboxylic acids is 1. The van der Waals surface area contributed by atoms with Gasteiger partial charge in [0.15, 0.2) is 0 Å². The Kier molecular flexibility index (Phi) is 4.61. The van der Waals surface area contributed by atoms with Crippen LogP contribution in [0.1, 0.15) is 29.6 Å². The molecule has 7 heteroatoms. The number of carboxylic acid groups (broad SMARTS) is 1. The van der Waals surface area contributed by atoms with Crippen molar-refractivity contribution in [3.63, 3.8) is 0 Å². The number of hydrogen-bond donors (Lipinski definition) is 2. The molecule has 0 aliphatic carbocycles. The lowest BCUT2D eigenvalue weighted by Gasteiger charge is -2.36. The van der Waals surface area contributed by atoms with Gasteiger partial charge in [-0.2, -0.15) is 5.10 Å². The Morgan fingerprint density at radius 1 is 1.25 bits per heavy atom. The number of amides is 1. The zero-order chi connectivity index (χ0) is 17.0. The SMILES string of the molecule is O=C(O)CC1(NC(=O)c2ccc(-n3cccn3)cc2)CCOCC1. The predicted octanol–water partition coefficient (Wildman–Crippen LogP) is 1.63. The molecule has 2 aromatic rings.